The summed E-state index contributed by atoms with van der Waals surface area (Å²) in [5.41, 5.74) is 10.2. The van der Waals surface area contributed by atoms with Crippen molar-refractivity contribution in [2.24, 2.45) is 5.73 Å². The third-order valence-corrected chi connectivity index (χ3v) is 6.01. The van der Waals surface area contributed by atoms with E-state index in [2.05, 4.69) is 4.98 Å². The lowest BCUT2D eigenvalue weighted by Gasteiger charge is -2.22. The highest BCUT2D eigenvalue weighted by Crippen LogP contribution is 2.43. The van der Waals surface area contributed by atoms with Crippen LogP contribution < -0.4 is 10.5 Å². The molecule has 0 saturated heterocycles. The molecule has 7 heteroatoms. The molecule has 36 heavy (non-hydrogen) atoms. The van der Waals surface area contributed by atoms with Crippen molar-refractivity contribution in [1.29, 1.82) is 0 Å². The first-order valence-electron chi connectivity index (χ1n) is 11.8. The first-order chi connectivity index (χ1) is 17.0. The lowest BCUT2D eigenvalue weighted by Crippen LogP contribution is -2.16. The summed E-state index contributed by atoms with van der Waals surface area (Å²) < 4.78 is 5.85. The van der Waals surface area contributed by atoms with Crippen LogP contribution in [0.1, 0.15) is 47.8 Å². The number of amides is 1. The zero-order chi connectivity index (χ0) is 26.2. The minimum atomic E-state index is -0.978. The Morgan fingerprint density at radius 3 is 2.39 bits per heavy atom. The maximum atomic E-state index is 12.3. The van der Waals surface area contributed by atoms with Crippen LogP contribution in [-0.2, 0) is 17.6 Å². The number of ether oxygens (including phenoxy) is 1. The van der Waals surface area contributed by atoms with Crippen molar-refractivity contribution in [2.75, 3.05) is 6.61 Å². The summed E-state index contributed by atoms with van der Waals surface area (Å²) in [5, 5.41) is 20.6. The molecule has 186 valence electrons. The first-order valence-corrected chi connectivity index (χ1v) is 11.8. The van der Waals surface area contributed by atoms with Crippen LogP contribution in [0.5, 0.6) is 5.75 Å². The average Bonchev–Trinajstić information content (AvgIpc) is 2.79. The largest absolute Gasteiger partial charge is 0.493 e. The molecule has 1 aliphatic heterocycles. The van der Waals surface area contributed by atoms with E-state index in [0.717, 1.165) is 45.1 Å². The summed E-state index contributed by atoms with van der Waals surface area (Å²) in [5.74, 6) is -0.771. The number of carbonyl (C=O) groups excluding carboxylic acids is 1. The van der Waals surface area contributed by atoms with E-state index in [4.69, 9.17) is 15.6 Å². The number of pyridine rings is 1. The number of carboxylic acids is 1. The number of carbonyl (C=O) groups is 2. The molecule has 0 fully saturated rings. The number of primary amides is 1. The van der Waals surface area contributed by atoms with Crippen molar-refractivity contribution in [3.05, 3.63) is 70.9 Å². The Kier molecular flexibility index (Phi) is 6.69. The molecule has 1 aromatic heterocycles. The molecular formula is C29H30N2O5. The molecule has 4 N–H and O–H groups in total. The number of benzene rings is 3. The second-order valence-corrected chi connectivity index (χ2v) is 9.91. The van der Waals surface area contributed by atoms with Gasteiger partial charge in [0.2, 0.25) is 5.91 Å². The van der Waals surface area contributed by atoms with Gasteiger partial charge in [0.15, 0.2) is 0 Å². The first kappa shape index (κ1) is 25.1. The van der Waals surface area contributed by atoms with Crippen LogP contribution in [0.3, 0.4) is 0 Å². The summed E-state index contributed by atoms with van der Waals surface area (Å²) in [7, 11) is 0. The van der Waals surface area contributed by atoms with Crippen LogP contribution in [0.25, 0.3) is 32.8 Å². The molecule has 0 saturated carbocycles. The number of fused-ring (bicyclic) bond motifs is 1. The normalized spacial score (nSPS) is 12.6. The SMILES string of the molecule is CC(C)(C)O.Cc1c(CC(=O)O)c(-c2ccc3c4c(ccnc24)CCO3)c2ccccc2c1C(N)=O. The number of aliphatic hydroxyl groups is 1. The molecule has 2 heterocycles. The van der Waals surface area contributed by atoms with E-state index in [0.29, 0.717) is 28.7 Å². The Morgan fingerprint density at radius 2 is 1.75 bits per heavy atom. The van der Waals surface area contributed by atoms with Gasteiger partial charge in [-0.3, -0.25) is 14.6 Å². The summed E-state index contributed by atoms with van der Waals surface area (Å²) >= 11 is 0. The fraction of sp³-hybridized carbons (Fsp3) is 0.276. The van der Waals surface area contributed by atoms with Gasteiger partial charge in [-0.2, -0.15) is 0 Å². The van der Waals surface area contributed by atoms with Crippen LogP contribution in [0, 0.1) is 6.92 Å². The highest BCUT2D eigenvalue weighted by molar-refractivity contribution is 6.15. The van der Waals surface area contributed by atoms with Crippen LogP contribution in [0.2, 0.25) is 0 Å². The summed E-state index contributed by atoms with van der Waals surface area (Å²) in [6.07, 6.45) is 2.34. The fourth-order valence-electron chi connectivity index (χ4n) is 4.72. The fourth-order valence-corrected chi connectivity index (χ4v) is 4.72. The van der Waals surface area contributed by atoms with Crippen LogP contribution in [0.15, 0.2) is 48.7 Å². The number of hydrogen-bond acceptors (Lipinski definition) is 5. The second-order valence-electron chi connectivity index (χ2n) is 9.91. The minimum absolute atomic E-state index is 0.230. The van der Waals surface area contributed by atoms with Crippen LogP contribution in [0.4, 0.5) is 0 Å². The number of aliphatic carboxylic acids is 1. The van der Waals surface area contributed by atoms with Crippen molar-refractivity contribution in [3.63, 3.8) is 0 Å². The molecular weight excluding hydrogens is 456 g/mol. The number of hydrogen-bond donors (Lipinski definition) is 3. The molecule has 0 aliphatic carbocycles. The van der Waals surface area contributed by atoms with Gasteiger partial charge in [0, 0.05) is 23.6 Å². The van der Waals surface area contributed by atoms with E-state index in [9.17, 15) is 14.7 Å². The monoisotopic (exact) mass is 486 g/mol. The number of aromatic nitrogens is 1. The maximum Gasteiger partial charge on any atom is 0.307 e. The van der Waals surface area contributed by atoms with Gasteiger partial charge < -0.3 is 20.7 Å². The predicted molar refractivity (Wildman–Crippen MR) is 140 cm³/mol. The summed E-state index contributed by atoms with van der Waals surface area (Å²) in [6.45, 7) is 7.61. The van der Waals surface area contributed by atoms with Crippen molar-refractivity contribution in [3.8, 4) is 16.9 Å². The van der Waals surface area contributed by atoms with Gasteiger partial charge in [0.05, 0.1) is 29.7 Å². The molecule has 0 atom stereocenters. The third-order valence-electron chi connectivity index (χ3n) is 6.01. The zero-order valence-electron chi connectivity index (χ0n) is 20.9. The van der Waals surface area contributed by atoms with Gasteiger partial charge in [-0.1, -0.05) is 24.3 Å². The molecule has 5 rings (SSSR count). The molecule has 0 bridgehead atoms. The van der Waals surface area contributed by atoms with Crippen molar-refractivity contribution in [2.45, 2.75) is 46.1 Å². The van der Waals surface area contributed by atoms with Gasteiger partial charge in [-0.05, 0) is 78.9 Å². The summed E-state index contributed by atoms with van der Waals surface area (Å²) in [4.78, 5) is 28.8. The predicted octanol–water partition coefficient (Wildman–Crippen LogP) is 4.80. The lowest BCUT2D eigenvalue weighted by atomic mass is 9.84. The van der Waals surface area contributed by atoms with E-state index in [1.807, 2.05) is 42.5 Å². The Bertz CT molecular complexity index is 1490. The van der Waals surface area contributed by atoms with E-state index in [-0.39, 0.29) is 6.42 Å². The van der Waals surface area contributed by atoms with Gasteiger partial charge in [0.25, 0.3) is 0 Å². The molecule has 1 aliphatic rings. The smallest absolute Gasteiger partial charge is 0.307 e. The maximum absolute atomic E-state index is 12.3. The van der Waals surface area contributed by atoms with E-state index in [1.54, 1.807) is 33.9 Å². The minimum Gasteiger partial charge on any atom is -0.493 e. The van der Waals surface area contributed by atoms with E-state index in [1.165, 1.54) is 0 Å². The van der Waals surface area contributed by atoms with Crippen molar-refractivity contribution >= 4 is 33.6 Å². The Labute approximate surface area is 209 Å². The Morgan fingerprint density at radius 1 is 1.08 bits per heavy atom. The van der Waals surface area contributed by atoms with Crippen molar-refractivity contribution in [1.82, 2.24) is 4.98 Å². The topological polar surface area (TPSA) is 123 Å². The highest BCUT2D eigenvalue weighted by Gasteiger charge is 2.25. The second kappa shape index (κ2) is 9.59. The van der Waals surface area contributed by atoms with Crippen molar-refractivity contribution < 1.29 is 24.5 Å². The van der Waals surface area contributed by atoms with Gasteiger partial charge in [-0.15, -0.1) is 0 Å². The Balaban J connectivity index is 0.000000556. The number of rotatable bonds is 4. The molecule has 0 radical (unpaired) electrons. The van der Waals surface area contributed by atoms with Crippen LogP contribution >= 0.6 is 0 Å². The quantitative estimate of drug-likeness (QED) is 0.381. The number of carboxylic acid groups (broad SMARTS) is 1. The zero-order valence-corrected chi connectivity index (χ0v) is 20.9. The molecule has 0 unspecified atom stereocenters. The number of nitrogens with zero attached hydrogens (tertiary/aromatic N) is 1. The number of nitrogens with two attached hydrogens (primary N) is 1. The third kappa shape index (κ3) is 4.88. The summed E-state index contributed by atoms with van der Waals surface area (Å²) in [6, 6.07) is 13.3. The average molecular weight is 487 g/mol. The van der Waals surface area contributed by atoms with Gasteiger partial charge in [0.1, 0.15) is 5.75 Å². The Hall–Kier alpha value is -3.97. The molecule has 3 aromatic carbocycles. The standard InChI is InChI=1S/C25H20N2O4.C4H10O/c1-13-18(12-20(28)29)23(16-5-3-2-4-15(16)21(13)25(26)30)17-6-7-19-22-14(9-11-31-19)8-10-27-24(17)22;1-4(2,3)5/h2-8,10H,9,11-12H2,1H3,(H2,26,30)(H,28,29);5H,1-3H3. The van der Waals surface area contributed by atoms with Gasteiger partial charge in [-0.25, -0.2) is 0 Å². The van der Waals surface area contributed by atoms with Crippen LogP contribution in [-0.4, -0.2) is 39.3 Å². The molecule has 1 amide bonds. The lowest BCUT2D eigenvalue weighted by molar-refractivity contribution is -0.136. The highest BCUT2D eigenvalue weighted by atomic mass is 16.5. The van der Waals surface area contributed by atoms with Gasteiger partial charge >= 0.3 is 5.97 Å². The van der Waals surface area contributed by atoms with E-state index >= 15 is 0 Å². The molecule has 0 spiro atoms. The molecule has 7 nitrogen and oxygen atoms in total. The van der Waals surface area contributed by atoms with E-state index < -0.39 is 17.5 Å². The molecule has 4 aromatic rings.